The van der Waals surface area contributed by atoms with Crippen LogP contribution in [0.5, 0.6) is 0 Å². The van der Waals surface area contributed by atoms with Crippen LogP contribution in [0.3, 0.4) is 0 Å². The molecular formula is C23H19ClFN7O2. The number of nitrogens with one attached hydrogen (secondary N) is 1. The molecule has 4 heterocycles. The van der Waals surface area contributed by atoms with Gasteiger partial charge in [0.15, 0.2) is 0 Å². The van der Waals surface area contributed by atoms with E-state index in [1.807, 2.05) is 4.90 Å². The fourth-order valence-corrected chi connectivity index (χ4v) is 5.14. The highest BCUT2D eigenvalue weighted by Crippen LogP contribution is 2.34. The number of rotatable bonds is 3. The minimum absolute atomic E-state index is 0.0327. The van der Waals surface area contributed by atoms with Crippen molar-refractivity contribution in [3.63, 3.8) is 0 Å². The molecule has 0 aliphatic carbocycles. The van der Waals surface area contributed by atoms with E-state index in [4.69, 9.17) is 11.6 Å². The number of hydrogen-bond donors (Lipinski definition) is 1. The zero-order valence-corrected chi connectivity index (χ0v) is 18.6. The van der Waals surface area contributed by atoms with E-state index in [9.17, 15) is 14.0 Å². The second-order valence-corrected chi connectivity index (χ2v) is 9.08. The van der Waals surface area contributed by atoms with Crippen LogP contribution in [-0.2, 0) is 0 Å². The first-order chi connectivity index (χ1) is 16.5. The summed E-state index contributed by atoms with van der Waals surface area (Å²) in [6.07, 6.45) is 2.96. The lowest BCUT2D eigenvalue weighted by molar-refractivity contribution is 0.0777. The number of anilines is 1. The summed E-state index contributed by atoms with van der Waals surface area (Å²) in [7, 11) is 0. The zero-order valence-electron chi connectivity index (χ0n) is 17.9. The van der Waals surface area contributed by atoms with Crippen molar-refractivity contribution in [3.05, 3.63) is 75.5 Å². The summed E-state index contributed by atoms with van der Waals surface area (Å²) in [6.45, 7) is 2.27. The van der Waals surface area contributed by atoms with Crippen LogP contribution in [0, 0.1) is 17.7 Å². The molecule has 4 aromatic rings. The Morgan fingerprint density at radius 2 is 1.79 bits per heavy atom. The monoisotopic (exact) mass is 479 g/mol. The Morgan fingerprint density at radius 1 is 1.06 bits per heavy atom. The van der Waals surface area contributed by atoms with Crippen molar-refractivity contribution < 1.29 is 9.18 Å². The molecular weight excluding hydrogens is 461 g/mol. The molecule has 2 aliphatic heterocycles. The van der Waals surface area contributed by atoms with Gasteiger partial charge < -0.3 is 9.80 Å². The maximum absolute atomic E-state index is 14.7. The summed E-state index contributed by atoms with van der Waals surface area (Å²) in [5.41, 5.74) is 0.619. The summed E-state index contributed by atoms with van der Waals surface area (Å²) in [5.74, 6) is -0.0910. The maximum atomic E-state index is 14.7. The fraction of sp³-hybridized carbons (Fsp3) is 0.261. The Bertz CT molecular complexity index is 1460. The van der Waals surface area contributed by atoms with Crippen LogP contribution in [0.4, 0.5) is 10.3 Å². The van der Waals surface area contributed by atoms with Crippen molar-refractivity contribution in [1.29, 1.82) is 0 Å². The van der Waals surface area contributed by atoms with Crippen LogP contribution in [0.1, 0.15) is 10.4 Å². The van der Waals surface area contributed by atoms with Gasteiger partial charge in [0.05, 0.1) is 23.3 Å². The Morgan fingerprint density at radius 3 is 2.53 bits per heavy atom. The second kappa shape index (κ2) is 7.91. The normalized spacial score (nSPS) is 19.7. The lowest BCUT2D eigenvalue weighted by atomic mass is 10.0. The minimum atomic E-state index is -0.600. The molecule has 0 saturated carbocycles. The summed E-state index contributed by atoms with van der Waals surface area (Å²) < 4.78 is 14.7. The van der Waals surface area contributed by atoms with Crippen LogP contribution < -0.4 is 10.5 Å². The molecule has 2 atom stereocenters. The molecule has 0 radical (unpaired) electrons. The van der Waals surface area contributed by atoms with Gasteiger partial charge in [-0.2, -0.15) is 15.0 Å². The van der Waals surface area contributed by atoms with Gasteiger partial charge in [0.2, 0.25) is 5.95 Å². The zero-order chi connectivity index (χ0) is 23.4. The van der Waals surface area contributed by atoms with Crippen molar-refractivity contribution in [1.82, 2.24) is 29.9 Å². The maximum Gasteiger partial charge on any atom is 0.260 e. The number of H-pyrrole nitrogens is 1. The van der Waals surface area contributed by atoms with Crippen LogP contribution in [-0.4, -0.2) is 61.9 Å². The summed E-state index contributed by atoms with van der Waals surface area (Å²) in [4.78, 5) is 38.3. The minimum Gasteiger partial charge on any atom is -0.342 e. The van der Waals surface area contributed by atoms with Gasteiger partial charge in [0, 0.05) is 43.0 Å². The molecule has 2 unspecified atom stereocenters. The van der Waals surface area contributed by atoms with Gasteiger partial charge in [-0.05, 0) is 30.3 Å². The first-order valence-electron chi connectivity index (χ1n) is 10.9. The largest absolute Gasteiger partial charge is 0.342 e. The molecule has 34 heavy (non-hydrogen) atoms. The number of hydrogen-bond acceptors (Lipinski definition) is 6. The first kappa shape index (κ1) is 20.8. The summed E-state index contributed by atoms with van der Waals surface area (Å²) in [5, 5.41) is 9.02. The highest BCUT2D eigenvalue weighted by Gasteiger charge is 2.43. The number of nitrogens with zero attached hydrogens (tertiary/aromatic N) is 6. The fourth-order valence-electron chi connectivity index (χ4n) is 4.97. The smallest absolute Gasteiger partial charge is 0.260 e. The third-order valence-electron chi connectivity index (χ3n) is 6.57. The van der Waals surface area contributed by atoms with E-state index in [1.54, 1.807) is 29.2 Å². The second-order valence-electron chi connectivity index (χ2n) is 8.64. The Kier molecular flexibility index (Phi) is 4.84. The van der Waals surface area contributed by atoms with Crippen LogP contribution in [0.2, 0.25) is 5.02 Å². The lowest BCUT2D eigenvalue weighted by Gasteiger charge is -2.23. The number of carbonyl (C=O) groups is 1. The number of amides is 1. The molecule has 1 amide bonds. The number of likely N-dealkylation sites (tertiary alicyclic amines) is 1. The molecule has 6 rings (SSSR count). The van der Waals surface area contributed by atoms with Crippen molar-refractivity contribution in [2.24, 2.45) is 11.8 Å². The van der Waals surface area contributed by atoms with Crippen molar-refractivity contribution in [2.45, 2.75) is 0 Å². The van der Waals surface area contributed by atoms with E-state index in [0.717, 1.165) is 0 Å². The third-order valence-corrected chi connectivity index (χ3v) is 6.80. The molecule has 2 aromatic heterocycles. The molecule has 9 nitrogen and oxygen atoms in total. The van der Waals surface area contributed by atoms with E-state index in [-0.39, 0.29) is 28.9 Å². The number of benzene rings is 2. The molecule has 0 bridgehead atoms. The Hall–Kier alpha value is -3.79. The van der Waals surface area contributed by atoms with Gasteiger partial charge in [0.1, 0.15) is 17.1 Å². The molecule has 2 fully saturated rings. The quantitative estimate of drug-likeness (QED) is 0.484. The number of fused-ring (bicyclic) bond motifs is 2. The van der Waals surface area contributed by atoms with E-state index < -0.39 is 5.82 Å². The number of carbonyl (C=O) groups excluding carboxylic acids is 1. The van der Waals surface area contributed by atoms with E-state index in [1.165, 1.54) is 29.3 Å². The lowest BCUT2D eigenvalue weighted by Crippen LogP contribution is -2.35. The van der Waals surface area contributed by atoms with Gasteiger partial charge in [-0.25, -0.2) is 9.37 Å². The van der Waals surface area contributed by atoms with Gasteiger partial charge >= 0.3 is 0 Å². The average molecular weight is 480 g/mol. The van der Waals surface area contributed by atoms with Gasteiger partial charge in [0.25, 0.3) is 11.5 Å². The molecule has 2 aliphatic rings. The predicted octanol–water partition coefficient (Wildman–Crippen LogP) is 2.50. The number of aromatic nitrogens is 5. The summed E-state index contributed by atoms with van der Waals surface area (Å²) >= 11 is 6.00. The van der Waals surface area contributed by atoms with E-state index in [0.29, 0.717) is 53.7 Å². The number of aromatic amines is 1. The van der Waals surface area contributed by atoms with Crippen LogP contribution >= 0.6 is 11.6 Å². The predicted molar refractivity (Wildman–Crippen MR) is 124 cm³/mol. The van der Waals surface area contributed by atoms with Gasteiger partial charge in [-0.15, -0.1) is 0 Å². The standard InChI is InChI=1S/C23H19ClFN7O2/c24-15-4-5-18-16(8-15)21(33)29-23(28-18)31-11-13-9-30(10-14(13)12-31)22(34)20-17(25)2-1-3-19(20)32-26-6-7-27-32/h1-8,13-14H,9-12H2,(H,28,29,33). The number of halogens is 2. The van der Waals surface area contributed by atoms with Gasteiger partial charge in [-0.3, -0.25) is 14.6 Å². The van der Waals surface area contributed by atoms with Crippen molar-refractivity contribution in [2.75, 3.05) is 31.1 Å². The van der Waals surface area contributed by atoms with Crippen LogP contribution in [0.25, 0.3) is 16.6 Å². The summed E-state index contributed by atoms with van der Waals surface area (Å²) in [6, 6.07) is 9.47. The molecule has 0 spiro atoms. The van der Waals surface area contributed by atoms with Gasteiger partial charge in [-0.1, -0.05) is 17.7 Å². The van der Waals surface area contributed by atoms with Crippen molar-refractivity contribution in [3.8, 4) is 5.69 Å². The van der Waals surface area contributed by atoms with Crippen molar-refractivity contribution >= 4 is 34.4 Å². The van der Waals surface area contributed by atoms with E-state index in [2.05, 4.69) is 20.2 Å². The highest BCUT2D eigenvalue weighted by atomic mass is 35.5. The highest BCUT2D eigenvalue weighted by molar-refractivity contribution is 6.31. The first-order valence-corrected chi connectivity index (χ1v) is 11.2. The topological polar surface area (TPSA) is 100 Å². The molecule has 2 saturated heterocycles. The average Bonchev–Trinajstić information content (AvgIpc) is 3.56. The van der Waals surface area contributed by atoms with E-state index >= 15 is 0 Å². The SMILES string of the molecule is O=C(c1c(F)cccc1-n1nccn1)N1CC2CN(c3nc4ccc(Cl)cc4c(=O)[nH]3)CC2C1. The van der Waals surface area contributed by atoms with Crippen LogP contribution in [0.15, 0.2) is 53.6 Å². The Labute approximate surface area is 197 Å². The Balaban J connectivity index is 1.22. The molecule has 11 heteroatoms. The molecule has 2 aromatic carbocycles. The third kappa shape index (κ3) is 3.41. The molecule has 172 valence electrons. The molecule has 1 N–H and O–H groups in total.